The van der Waals surface area contributed by atoms with Crippen LogP contribution in [0.15, 0.2) is 36.5 Å². The number of aromatic nitrogens is 1. The summed E-state index contributed by atoms with van der Waals surface area (Å²) < 4.78 is 5.06. The van der Waals surface area contributed by atoms with Crippen molar-refractivity contribution in [3.63, 3.8) is 0 Å². The Balaban J connectivity index is 2.17. The maximum Gasteiger partial charge on any atom is 0.258 e. The molecule has 20 heavy (non-hydrogen) atoms. The van der Waals surface area contributed by atoms with Crippen molar-refractivity contribution >= 4 is 23.2 Å². The molecule has 1 N–H and O–H groups in total. The van der Waals surface area contributed by atoms with E-state index in [1.54, 1.807) is 13.2 Å². The van der Waals surface area contributed by atoms with Crippen LogP contribution in [0.4, 0.5) is 5.69 Å². The zero-order valence-electron chi connectivity index (χ0n) is 11.3. The smallest absolute Gasteiger partial charge is 0.258 e. The van der Waals surface area contributed by atoms with Crippen LogP contribution < -0.4 is 5.32 Å². The van der Waals surface area contributed by atoms with E-state index in [2.05, 4.69) is 10.3 Å². The maximum absolute atomic E-state index is 12.1. The van der Waals surface area contributed by atoms with Crippen LogP contribution in [0.1, 0.15) is 21.6 Å². The summed E-state index contributed by atoms with van der Waals surface area (Å²) in [4.78, 5) is 16.2. The van der Waals surface area contributed by atoms with Gasteiger partial charge in [-0.3, -0.25) is 9.78 Å². The maximum atomic E-state index is 12.1. The van der Waals surface area contributed by atoms with Crippen molar-refractivity contribution in [2.24, 2.45) is 0 Å². The first kappa shape index (κ1) is 14.5. The van der Waals surface area contributed by atoms with Crippen LogP contribution in [0.25, 0.3) is 0 Å². The average Bonchev–Trinajstić information content (AvgIpc) is 2.39. The Bertz CT molecular complexity index is 629. The Morgan fingerprint density at radius 3 is 2.90 bits per heavy atom. The Morgan fingerprint density at radius 2 is 2.20 bits per heavy atom. The van der Waals surface area contributed by atoms with Crippen molar-refractivity contribution in [2.45, 2.75) is 13.5 Å². The Morgan fingerprint density at radius 1 is 1.40 bits per heavy atom. The Kier molecular flexibility index (Phi) is 4.71. The molecule has 104 valence electrons. The molecular formula is C15H15ClN2O2. The zero-order valence-corrected chi connectivity index (χ0v) is 12.1. The number of methoxy groups -OCH3 is 1. The summed E-state index contributed by atoms with van der Waals surface area (Å²) in [5.74, 6) is -0.280. The number of carbonyl (C=O) groups excluding carboxylic acids is 1. The van der Waals surface area contributed by atoms with Crippen LogP contribution >= 0.6 is 11.6 Å². The number of rotatable bonds is 4. The van der Waals surface area contributed by atoms with Gasteiger partial charge in [-0.25, -0.2) is 0 Å². The van der Waals surface area contributed by atoms with Crippen molar-refractivity contribution < 1.29 is 9.53 Å². The van der Waals surface area contributed by atoms with Crippen LogP contribution in [-0.4, -0.2) is 18.0 Å². The van der Waals surface area contributed by atoms with Gasteiger partial charge in [0.2, 0.25) is 0 Å². The third kappa shape index (κ3) is 3.56. The normalized spacial score (nSPS) is 10.3. The van der Waals surface area contributed by atoms with E-state index in [-0.39, 0.29) is 5.91 Å². The minimum absolute atomic E-state index is 0.280. The molecule has 0 aliphatic rings. The van der Waals surface area contributed by atoms with Crippen molar-refractivity contribution in [2.75, 3.05) is 12.4 Å². The number of ether oxygens (including phenoxy) is 1. The standard InChI is InChI=1S/C15H15ClN2O2/c1-10-6-14(16)13(8-17-10)15(19)18-12-5-3-4-11(7-12)9-20-2/h3-8H,9H2,1-2H3,(H,18,19). The summed E-state index contributed by atoms with van der Waals surface area (Å²) in [5, 5.41) is 3.19. The molecule has 2 rings (SSSR count). The molecule has 0 aliphatic heterocycles. The van der Waals surface area contributed by atoms with E-state index < -0.39 is 0 Å². The second kappa shape index (κ2) is 6.50. The summed E-state index contributed by atoms with van der Waals surface area (Å²) in [6.07, 6.45) is 1.48. The highest BCUT2D eigenvalue weighted by Gasteiger charge is 2.11. The van der Waals surface area contributed by atoms with Gasteiger partial charge in [0.25, 0.3) is 5.91 Å². The molecule has 1 aromatic heterocycles. The predicted molar refractivity (Wildman–Crippen MR) is 79.1 cm³/mol. The van der Waals surface area contributed by atoms with Crippen LogP contribution in [0.5, 0.6) is 0 Å². The lowest BCUT2D eigenvalue weighted by atomic mass is 10.2. The number of nitrogens with zero attached hydrogens (tertiary/aromatic N) is 1. The Hall–Kier alpha value is -1.91. The van der Waals surface area contributed by atoms with Gasteiger partial charge in [-0.05, 0) is 30.7 Å². The van der Waals surface area contributed by atoms with Gasteiger partial charge in [0.1, 0.15) is 0 Å². The van der Waals surface area contributed by atoms with Gasteiger partial charge in [-0.1, -0.05) is 23.7 Å². The number of amides is 1. The van der Waals surface area contributed by atoms with Crippen LogP contribution in [0.3, 0.4) is 0 Å². The summed E-state index contributed by atoms with van der Waals surface area (Å²) in [7, 11) is 1.63. The average molecular weight is 291 g/mol. The summed E-state index contributed by atoms with van der Waals surface area (Å²) in [5.41, 5.74) is 2.81. The molecule has 1 aromatic carbocycles. The largest absolute Gasteiger partial charge is 0.380 e. The SMILES string of the molecule is COCc1cccc(NC(=O)c2cnc(C)cc2Cl)c1. The van der Waals surface area contributed by atoms with Gasteiger partial charge in [0.15, 0.2) is 0 Å². The highest BCUT2D eigenvalue weighted by Crippen LogP contribution is 2.18. The topological polar surface area (TPSA) is 51.2 Å². The second-order valence-corrected chi connectivity index (χ2v) is 4.80. The number of halogens is 1. The monoisotopic (exact) mass is 290 g/mol. The first-order valence-electron chi connectivity index (χ1n) is 6.11. The van der Waals surface area contributed by atoms with E-state index in [0.717, 1.165) is 11.3 Å². The lowest BCUT2D eigenvalue weighted by molar-refractivity contribution is 0.102. The lowest BCUT2D eigenvalue weighted by Crippen LogP contribution is -2.13. The van der Waals surface area contributed by atoms with Gasteiger partial charge in [0.05, 0.1) is 17.2 Å². The molecule has 0 saturated heterocycles. The fourth-order valence-electron chi connectivity index (χ4n) is 1.80. The molecule has 5 heteroatoms. The van der Waals surface area contributed by atoms with Crippen LogP contribution in [-0.2, 0) is 11.3 Å². The number of hydrogen-bond acceptors (Lipinski definition) is 3. The molecule has 4 nitrogen and oxygen atoms in total. The van der Waals surface area contributed by atoms with E-state index in [9.17, 15) is 4.79 Å². The number of nitrogens with one attached hydrogen (secondary N) is 1. The van der Waals surface area contributed by atoms with E-state index in [4.69, 9.17) is 16.3 Å². The quantitative estimate of drug-likeness (QED) is 0.938. The number of pyridine rings is 1. The predicted octanol–water partition coefficient (Wildman–Crippen LogP) is 3.44. The lowest BCUT2D eigenvalue weighted by Gasteiger charge is -2.08. The molecule has 0 bridgehead atoms. The molecule has 0 fully saturated rings. The van der Waals surface area contributed by atoms with E-state index in [1.807, 2.05) is 31.2 Å². The van der Waals surface area contributed by atoms with Crippen molar-refractivity contribution in [3.05, 3.63) is 58.4 Å². The summed E-state index contributed by atoms with van der Waals surface area (Å²) in [6.45, 7) is 2.32. The minimum Gasteiger partial charge on any atom is -0.380 e. The highest BCUT2D eigenvalue weighted by atomic mass is 35.5. The molecule has 2 aromatic rings. The molecule has 0 atom stereocenters. The van der Waals surface area contributed by atoms with Gasteiger partial charge < -0.3 is 10.1 Å². The van der Waals surface area contributed by atoms with E-state index >= 15 is 0 Å². The van der Waals surface area contributed by atoms with Crippen LogP contribution in [0, 0.1) is 6.92 Å². The minimum atomic E-state index is -0.280. The second-order valence-electron chi connectivity index (χ2n) is 4.39. The molecule has 1 amide bonds. The van der Waals surface area contributed by atoms with E-state index in [1.165, 1.54) is 6.20 Å². The fourth-order valence-corrected chi connectivity index (χ4v) is 2.09. The van der Waals surface area contributed by atoms with Gasteiger partial charge in [0, 0.05) is 24.7 Å². The molecule has 0 spiro atoms. The van der Waals surface area contributed by atoms with Gasteiger partial charge in [-0.15, -0.1) is 0 Å². The van der Waals surface area contributed by atoms with Crippen molar-refractivity contribution in [3.8, 4) is 0 Å². The van der Waals surface area contributed by atoms with Crippen LogP contribution in [0.2, 0.25) is 5.02 Å². The molecule has 0 unspecified atom stereocenters. The first-order chi connectivity index (χ1) is 9.60. The highest BCUT2D eigenvalue weighted by molar-refractivity contribution is 6.34. The third-order valence-corrected chi connectivity index (χ3v) is 3.04. The molecule has 0 saturated carbocycles. The first-order valence-corrected chi connectivity index (χ1v) is 6.49. The summed E-state index contributed by atoms with van der Waals surface area (Å²) in [6, 6.07) is 9.12. The summed E-state index contributed by atoms with van der Waals surface area (Å²) >= 11 is 6.05. The zero-order chi connectivity index (χ0) is 14.5. The fraction of sp³-hybridized carbons (Fsp3) is 0.200. The van der Waals surface area contributed by atoms with Crippen molar-refractivity contribution in [1.82, 2.24) is 4.98 Å². The molecule has 0 radical (unpaired) electrons. The van der Waals surface area contributed by atoms with Gasteiger partial charge >= 0.3 is 0 Å². The molecule has 0 aliphatic carbocycles. The number of hydrogen-bond donors (Lipinski definition) is 1. The van der Waals surface area contributed by atoms with E-state index in [0.29, 0.717) is 22.9 Å². The van der Waals surface area contributed by atoms with Gasteiger partial charge in [-0.2, -0.15) is 0 Å². The number of anilines is 1. The number of benzene rings is 1. The third-order valence-electron chi connectivity index (χ3n) is 2.73. The number of aryl methyl sites for hydroxylation is 1. The molecule has 1 heterocycles. The molecular weight excluding hydrogens is 276 g/mol. The Labute approximate surface area is 122 Å². The number of carbonyl (C=O) groups is 1. The van der Waals surface area contributed by atoms with Crippen molar-refractivity contribution in [1.29, 1.82) is 0 Å².